The number of hydrogen-bond acceptors (Lipinski definition) is 4. The first-order valence-corrected chi connectivity index (χ1v) is 7.54. The number of urea groups is 1. The molecule has 130 valence electrons. The van der Waals surface area contributed by atoms with E-state index in [-0.39, 0.29) is 38.2 Å². The van der Waals surface area contributed by atoms with Gasteiger partial charge in [0.25, 0.3) is 0 Å². The van der Waals surface area contributed by atoms with E-state index in [1.807, 2.05) is 0 Å². The van der Waals surface area contributed by atoms with Crippen molar-refractivity contribution in [2.75, 3.05) is 32.8 Å². The smallest absolute Gasteiger partial charge is 0.393 e. The van der Waals surface area contributed by atoms with Crippen molar-refractivity contribution < 1.29 is 27.5 Å². The number of rotatable bonds is 4. The van der Waals surface area contributed by atoms with Gasteiger partial charge in [0.1, 0.15) is 0 Å². The summed E-state index contributed by atoms with van der Waals surface area (Å²) in [5.41, 5.74) is 0.565. The van der Waals surface area contributed by atoms with E-state index in [2.05, 4.69) is 10.6 Å². The van der Waals surface area contributed by atoms with Gasteiger partial charge < -0.3 is 15.4 Å². The summed E-state index contributed by atoms with van der Waals surface area (Å²) in [7, 11) is 0. The number of alkyl halides is 3. The monoisotopic (exact) mass is 335 g/mol. The topological polar surface area (TPSA) is 70.7 Å². The fourth-order valence-electron chi connectivity index (χ4n) is 2.77. The number of ether oxygens (including phenoxy) is 1. The van der Waals surface area contributed by atoms with Crippen LogP contribution in [0.5, 0.6) is 0 Å². The van der Waals surface area contributed by atoms with Gasteiger partial charge >= 0.3 is 18.2 Å². The maximum atomic E-state index is 12.9. The Morgan fingerprint density at radius 1 is 1.43 bits per heavy atom. The minimum atomic E-state index is -4.23. The van der Waals surface area contributed by atoms with Gasteiger partial charge in [0.2, 0.25) is 0 Å². The number of halogens is 3. The third-order valence-electron chi connectivity index (χ3n) is 3.93. The summed E-state index contributed by atoms with van der Waals surface area (Å²) in [6, 6.07) is -0.475. The Labute approximate surface area is 132 Å². The highest BCUT2D eigenvalue weighted by atomic mass is 19.4. The summed E-state index contributed by atoms with van der Waals surface area (Å²) < 4.78 is 43.5. The minimum absolute atomic E-state index is 0.0105. The molecule has 0 spiro atoms. The quantitative estimate of drug-likeness (QED) is 0.762. The van der Waals surface area contributed by atoms with E-state index in [1.165, 1.54) is 0 Å². The molecular weight excluding hydrogens is 315 g/mol. The molecule has 0 saturated carbocycles. The highest BCUT2D eigenvalue weighted by Crippen LogP contribution is 2.33. The molecular formula is C14H20F3N3O3. The van der Waals surface area contributed by atoms with Gasteiger partial charge in [0, 0.05) is 18.8 Å². The molecule has 1 fully saturated rings. The van der Waals surface area contributed by atoms with E-state index >= 15 is 0 Å². The molecule has 2 aliphatic heterocycles. The van der Waals surface area contributed by atoms with Crippen LogP contribution in [0.4, 0.5) is 18.0 Å². The molecule has 1 saturated heterocycles. The summed E-state index contributed by atoms with van der Waals surface area (Å²) in [6.45, 7) is 2.31. The van der Waals surface area contributed by atoms with Crippen LogP contribution in [0.15, 0.2) is 11.3 Å². The van der Waals surface area contributed by atoms with Crippen LogP contribution in [0.1, 0.15) is 19.8 Å². The second kappa shape index (κ2) is 7.20. The van der Waals surface area contributed by atoms with Crippen molar-refractivity contribution in [3.63, 3.8) is 0 Å². The van der Waals surface area contributed by atoms with Gasteiger partial charge in [-0.2, -0.15) is 13.2 Å². The number of nitrogens with one attached hydrogen (secondary N) is 2. The Bertz CT molecular complexity index is 505. The number of hydrogen-bond donors (Lipinski definition) is 2. The predicted octanol–water partition coefficient (Wildman–Crippen LogP) is 1.39. The van der Waals surface area contributed by atoms with Gasteiger partial charge in [0.05, 0.1) is 24.6 Å². The predicted molar refractivity (Wildman–Crippen MR) is 75.4 cm³/mol. The van der Waals surface area contributed by atoms with E-state index in [9.17, 15) is 22.8 Å². The Morgan fingerprint density at radius 2 is 2.17 bits per heavy atom. The normalized spacial score (nSPS) is 23.3. The molecule has 2 aliphatic rings. The second-order valence-corrected chi connectivity index (χ2v) is 5.60. The lowest BCUT2D eigenvalue weighted by Gasteiger charge is -2.35. The van der Waals surface area contributed by atoms with E-state index < -0.39 is 24.1 Å². The summed E-state index contributed by atoms with van der Waals surface area (Å²) in [5.74, 6) is -1.94. The van der Waals surface area contributed by atoms with Crippen LogP contribution < -0.4 is 10.6 Å². The highest BCUT2D eigenvalue weighted by molar-refractivity contribution is 5.93. The Balaban J connectivity index is 2.10. The zero-order valence-corrected chi connectivity index (χ0v) is 12.8. The zero-order valence-electron chi connectivity index (χ0n) is 12.8. The zero-order chi connectivity index (χ0) is 17.0. The first-order valence-electron chi connectivity index (χ1n) is 7.54. The van der Waals surface area contributed by atoms with Gasteiger partial charge in [-0.05, 0) is 26.3 Å². The van der Waals surface area contributed by atoms with E-state index in [0.29, 0.717) is 18.7 Å². The molecule has 0 aromatic carbocycles. The number of piperidine rings is 1. The highest BCUT2D eigenvalue weighted by Gasteiger charge is 2.42. The standard InChI is InChI=1S/C14H20F3N3O3/c1-2-23-12(21)10-6-18-13(22)19-11(10)8-20-5-3-4-9(7-20)14(15,16)17/h9H,2-8H2,1H3,(H2,18,19,22)/t9-/m0/s1. The Morgan fingerprint density at radius 3 is 2.83 bits per heavy atom. The van der Waals surface area contributed by atoms with Crippen LogP contribution in [-0.4, -0.2) is 55.9 Å². The van der Waals surface area contributed by atoms with Crippen LogP contribution in [0, 0.1) is 5.92 Å². The third-order valence-corrected chi connectivity index (χ3v) is 3.93. The molecule has 0 aliphatic carbocycles. The molecule has 0 radical (unpaired) electrons. The molecule has 2 N–H and O–H groups in total. The number of nitrogens with zero attached hydrogens (tertiary/aromatic N) is 1. The van der Waals surface area contributed by atoms with Gasteiger partial charge in [-0.1, -0.05) is 0 Å². The Hall–Kier alpha value is -1.77. The fourth-order valence-corrected chi connectivity index (χ4v) is 2.77. The van der Waals surface area contributed by atoms with Crippen molar-refractivity contribution >= 4 is 12.0 Å². The maximum Gasteiger partial charge on any atom is 0.393 e. The molecule has 6 nitrogen and oxygen atoms in total. The molecule has 0 aromatic heterocycles. The van der Waals surface area contributed by atoms with E-state index in [0.717, 1.165) is 0 Å². The minimum Gasteiger partial charge on any atom is -0.463 e. The van der Waals surface area contributed by atoms with Crippen LogP contribution in [0.2, 0.25) is 0 Å². The van der Waals surface area contributed by atoms with Gasteiger partial charge in [-0.25, -0.2) is 9.59 Å². The number of amides is 2. The lowest BCUT2D eigenvalue weighted by atomic mass is 9.97. The summed E-state index contributed by atoms with van der Waals surface area (Å²) in [4.78, 5) is 25.0. The molecule has 1 atom stereocenters. The maximum absolute atomic E-state index is 12.9. The molecule has 9 heteroatoms. The van der Waals surface area contributed by atoms with Crippen molar-refractivity contribution in [3.05, 3.63) is 11.3 Å². The molecule has 2 rings (SSSR count). The number of carbonyl (C=O) groups excluding carboxylic acids is 2. The van der Waals surface area contributed by atoms with E-state index in [1.54, 1.807) is 11.8 Å². The lowest BCUT2D eigenvalue weighted by Crippen LogP contribution is -2.49. The number of carbonyl (C=O) groups is 2. The fraction of sp³-hybridized carbons (Fsp3) is 0.714. The first kappa shape index (κ1) is 17.6. The Kier molecular flexibility index (Phi) is 5.51. The van der Waals surface area contributed by atoms with Crippen molar-refractivity contribution in [3.8, 4) is 0 Å². The summed E-state index contributed by atoms with van der Waals surface area (Å²) in [6.07, 6.45) is -3.69. The molecule has 0 aromatic rings. The number of likely N-dealkylation sites (tertiary alicyclic amines) is 1. The van der Waals surface area contributed by atoms with Gasteiger partial charge in [-0.15, -0.1) is 0 Å². The molecule has 0 unspecified atom stereocenters. The SMILES string of the molecule is CCOC(=O)C1=C(CN2CCC[C@H](C(F)(F)F)C2)NC(=O)NC1. The van der Waals surface area contributed by atoms with Gasteiger partial charge in [-0.3, -0.25) is 4.90 Å². The third kappa shape index (κ3) is 4.60. The van der Waals surface area contributed by atoms with Gasteiger partial charge in [0.15, 0.2) is 0 Å². The molecule has 0 bridgehead atoms. The summed E-state index contributed by atoms with van der Waals surface area (Å²) >= 11 is 0. The summed E-state index contributed by atoms with van der Waals surface area (Å²) in [5, 5.41) is 4.98. The van der Waals surface area contributed by atoms with Crippen LogP contribution in [0.3, 0.4) is 0 Å². The first-order chi connectivity index (χ1) is 10.8. The molecule has 23 heavy (non-hydrogen) atoms. The van der Waals surface area contributed by atoms with E-state index in [4.69, 9.17) is 4.74 Å². The molecule has 2 heterocycles. The number of esters is 1. The largest absolute Gasteiger partial charge is 0.463 e. The molecule has 2 amide bonds. The van der Waals surface area contributed by atoms with Crippen molar-refractivity contribution in [1.29, 1.82) is 0 Å². The van der Waals surface area contributed by atoms with Crippen molar-refractivity contribution in [2.24, 2.45) is 5.92 Å². The van der Waals surface area contributed by atoms with Crippen molar-refractivity contribution in [2.45, 2.75) is 25.9 Å². The average Bonchev–Trinajstić information content (AvgIpc) is 2.47. The van der Waals surface area contributed by atoms with Crippen LogP contribution in [0.25, 0.3) is 0 Å². The van der Waals surface area contributed by atoms with Crippen molar-refractivity contribution in [1.82, 2.24) is 15.5 Å². The lowest BCUT2D eigenvalue weighted by molar-refractivity contribution is -0.186. The second-order valence-electron chi connectivity index (χ2n) is 5.60. The van der Waals surface area contributed by atoms with Crippen LogP contribution >= 0.6 is 0 Å². The van der Waals surface area contributed by atoms with Crippen LogP contribution in [-0.2, 0) is 9.53 Å². The average molecular weight is 335 g/mol.